The predicted molar refractivity (Wildman–Crippen MR) is 72.0 cm³/mol. The highest BCUT2D eigenvalue weighted by Crippen LogP contribution is 2.31. The highest BCUT2D eigenvalue weighted by atomic mass is 15.0. The second-order valence-corrected chi connectivity index (χ2v) is 5.11. The summed E-state index contributed by atoms with van der Waals surface area (Å²) < 4.78 is 2.47. The van der Waals surface area contributed by atoms with Crippen molar-refractivity contribution in [2.75, 3.05) is 0 Å². The van der Waals surface area contributed by atoms with Crippen LogP contribution in [-0.4, -0.2) is 4.57 Å². The van der Waals surface area contributed by atoms with E-state index in [-0.39, 0.29) is 0 Å². The van der Waals surface area contributed by atoms with Crippen LogP contribution in [0.3, 0.4) is 0 Å². The van der Waals surface area contributed by atoms with Crippen molar-refractivity contribution >= 4 is 10.9 Å². The molecule has 1 aromatic carbocycles. The van der Waals surface area contributed by atoms with Gasteiger partial charge in [-0.3, -0.25) is 0 Å². The van der Waals surface area contributed by atoms with Crippen LogP contribution in [0.2, 0.25) is 0 Å². The van der Waals surface area contributed by atoms with E-state index >= 15 is 0 Å². The minimum atomic E-state index is 0.630. The van der Waals surface area contributed by atoms with Crippen LogP contribution < -0.4 is 5.73 Å². The SMILES string of the molecule is NCc1ccc2c(ccn2C2CCCCC2)c1. The maximum absolute atomic E-state index is 5.68. The molecule has 2 nitrogen and oxygen atoms in total. The summed E-state index contributed by atoms with van der Waals surface area (Å²) in [5.74, 6) is 0. The third-order valence-corrected chi connectivity index (χ3v) is 3.99. The lowest BCUT2D eigenvalue weighted by Gasteiger charge is -2.24. The predicted octanol–water partition coefficient (Wildman–Crippen LogP) is 3.61. The Morgan fingerprint density at radius 3 is 2.71 bits per heavy atom. The topological polar surface area (TPSA) is 30.9 Å². The minimum Gasteiger partial charge on any atom is -0.344 e. The summed E-state index contributed by atoms with van der Waals surface area (Å²) in [6.45, 7) is 0.630. The van der Waals surface area contributed by atoms with E-state index in [9.17, 15) is 0 Å². The molecule has 1 aliphatic carbocycles. The van der Waals surface area contributed by atoms with Gasteiger partial charge in [-0.2, -0.15) is 0 Å². The Morgan fingerprint density at radius 1 is 1.12 bits per heavy atom. The zero-order valence-corrected chi connectivity index (χ0v) is 10.2. The van der Waals surface area contributed by atoms with Crippen molar-refractivity contribution in [1.82, 2.24) is 4.57 Å². The Kier molecular flexibility index (Phi) is 2.89. The molecular formula is C15H20N2. The minimum absolute atomic E-state index is 0.630. The smallest absolute Gasteiger partial charge is 0.0483 e. The molecule has 2 N–H and O–H groups in total. The highest BCUT2D eigenvalue weighted by Gasteiger charge is 2.16. The number of fused-ring (bicyclic) bond motifs is 1. The van der Waals surface area contributed by atoms with Gasteiger partial charge in [-0.25, -0.2) is 0 Å². The van der Waals surface area contributed by atoms with Crippen LogP contribution in [0.4, 0.5) is 0 Å². The first-order valence-electron chi connectivity index (χ1n) is 6.68. The van der Waals surface area contributed by atoms with Crippen LogP contribution >= 0.6 is 0 Å². The molecule has 0 radical (unpaired) electrons. The molecular weight excluding hydrogens is 208 g/mol. The summed E-state index contributed by atoms with van der Waals surface area (Å²) >= 11 is 0. The van der Waals surface area contributed by atoms with Gasteiger partial charge in [-0.1, -0.05) is 25.3 Å². The van der Waals surface area contributed by atoms with Gasteiger partial charge in [0, 0.05) is 24.3 Å². The number of aromatic nitrogens is 1. The van der Waals surface area contributed by atoms with Gasteiger partial charge in [-0.05, 0) is 42.0 Å². The lowest BCUT2D eigenvalue weighted by Crippen LogP contribution is -2.11. The number of benzene rings is 1. The number of nitrogens with zero attached hydrogens (tertiary/aromatic N) is 1. The molecule has 0 saturated heterocycles. The zero-order valence-electron chi connectivity index (χ0n) is 10.2. The Hall–Kier alpha value is -1.28. The van der Waals surface area contributed by atoms with E-state index in [0.29, 0.717) is 12.6 Å². The van der Waals surface area contributed by atoms with E-state index in [2.05, 4.69) is 35.0 Å². The Bertz CT molecular complexity index is 507. The third kappa shape index (κ3) is 1.98. The Labute approximate surface area is 102 Å². The van der Waals surface area contributed by atoms with Gasteiger partial charge >= 0.3 is 0 Å². The molecule has 0 aliphatic heterocycles. The first kappa shape index (κ1) is 10.8. The van der Waals surface area contributed by atoms with Crippen LogP contribution in [0.25, 0.3) is 10.9 Å². The van der Waals surface area contributed by atoms with Crippen molar-refractivity contribution in [3.63, 3.8) is 0 Å². The van der Waals surface area contributed by atoms with E-state index in [0.717, 1.165) is 0 Å². The van der Waals surface area contributed by atoms with E-state index in [1.807, 2.05) is 0 Å². The van der Waals surface area contributed by atoms with Gasteiger partial charge in [0.15, 0.2) is 0 Å². The van der Waals surface area contributed by atoms with Crippen molar-refractivity contribution in [3.8, 4) is 0 Å². The Morgan fingerprint density at radius 2 is 1.94 bits per heavy atom. The molecule has 2 aromatic rings. The molecule has 90 valence electrons. The van der Waals surface area contributed by atoms with Gasteiger partial charge in [-0.15, -0.1) is 0 Å². The van der Waals surface area contributed by atoms with Gasteiger partial charge in [0.25, 0.3) is 0 Å². The lowest BCUT2D eigenvalue weighted by atomic mass is 9.95. The molecule has 1 aromatic heterocycles. The van der Waals surface area contributed by atoms with Gasteiger partial charge in [0.1, 0.15) is 0 Å². The van der Waals surface area contributed by atoms with Crippen LogP contribution in [-0.2, 0) is 6.54 Å². The number of rotatable bonds is 2. The fourth-order valence-corrected chi connectivity index (χ4v) is 3.02. The van der Waals surface area contributed by atoms with E-state index < -0.39 is 0 Å². The van der Waals surface area contributed by atoms with Crippen molar-refractivity contribution in [1.29, 1.82) is 0 Å². The molecule has 0 spiro atoms. The zero-order chi connectivity index (χ0) is 11.7. The third-order valence-electron chi connectivity index (χ3n) is 3.99. The standard InChI is InChI=1S/C15H20N2/c16-11-12-6-7-15-13(10-12)8-9-17(15)14-4-2-1-3-5-14/h6-10,14H,1-5,11,16H2. The van der Waals surface area contributed by atoms with E-state index in [1.165, 1.54) is 48.6 Å². The van der Waals surface area contributed by atoms with Crippen molar-refractivity contribution < 1.29 is 0 Å². The molecule has 1 fully saturated rings. The average Bonchev–Trinajstić information content (AvgIpc) is 2.82. The van der Waals surface area contributed by atoms with Crippen LogP contribution in [0.1, 0.15) is 43.7 Å². The second kappa shape index (κ2) is 4.53. The lowest BCUT2D eigenvalue weighted by molar-refractivity contribution is 0.361. The molecule has 17 heavy (non-hydrogen) atoms. The average molecular weight is 228 g/mol. The normalized spacial score (nSPS) is 17.7. The van der Waals surface area contributed by atoms with E-state index in [1.54, 1.807) is 0 Å². The molecule has 0 unspecified atom stereocenters. The highest BCUT2D eigenvalue weighted by molar-refractivity contribution is 5.81. The largest absolute Gasteiger partial charge is 0.344 e. The fraction of sp³-hybridized carbons (Fsp3) is 0.467. The molecule has 3 rings (SSSR count). The van der Waals surface area contributed by atoms with Gasteiger partial charge < -0.3 is 10.3 Å². The van der Waals surface area contributed by atoms with Crippen molar-refractivity contribution in [3.05, 3.63) is 36.0 Å². The van der Waals surface area contributed by atoms with Crippen LogP contribution in [0.5, 0.6) is 0 Å². The van der Waals surface area contributed by atoms with Crippen molar-refractivity contribution in [2.45, 2.75) is 44.7 Å². The molecule has 0 bridgehead atoms. The Balaban J connectivity index is 1.99. The van der Waals surface area contributed by atoms with Crippen molar-refractivity contribution in [2.24, 2.45) is 5.73 Å². The summed E-state index contributed by atoms with van der Waals surface area (Å²) in [6, 6.07) is 9.54. The first-order chi connectivity index (χ1) is 8.38. The molecule has 1 heterocycles. The maximum atomic E-state index is 5.68. The van der Waals surface area contributed by atoms with Gasteiger partial charge in [0.05, 0.1) is 0 Å². The summed E-state index contributed by atoms with van der Waals surface area (Å²) in [5, 5.41) is 1.33. The number of nitrogens with two attached hydrogens (primary N) is 1. The quantitative estimate of drug-likeness (QED) is 0.836. The fourth-order valence-electron chi connectivity index (χ4n) is 3.02. The van der Waals surface area contributed by atoms with Crippen LogP contribution in [0, 0.1) is 0 Å². The summed E-state index contributed by atoms with van der Waals surface area (Å²) in [4.78, 5) is 0. The second-order valence-electron chi connectivity index (χ2n) is 5.11. The summed E-state index contributed by atoms with van der Waals surface area (Å²) in [6.07, 6.45) is 9.09. The summed E-state index contributed by atoms with van der Waals surface area (Å²) in [5.41, 5.74) is 8.27. The number of hydrogen-bond donors (Lipinski definition) is 1. The molecule has 2 heteroatoms. The molecule has 1 aliphatic rings. The molecule has 0 atom stereocenters. The number of hydrogen-bond acceptors (Lipinski definition) is 1. The molecule has 0 amide bonds. The van der Waals surface area contributed by atoms with Gasteiger partial charge in [0.2, 0.25) is 0 Å². The molecule has 1 saturated carbocycles. The van der Waals surface area contributed by atoms with Crippen LogP contribution in [0.15, 0.2) is 30.5 Å². The monoisotopic (exact) mass is 228 g/mol. The van der Waals surface area contributed by atoms with E-state index in [4.69, 9.17) is 5.73 Å². The first-order valence-corrected chi connectivity index (χ1v) is 6.68. The summed E-state index contributed by atoms with van der Waals surface area (Å²) in [7, 11) is 0. The maximum Gasteiger partial charge on any atom is 0.0483 e.